The van der Waals surface area contributed by atoms with Gasteiger partial charge < -0.3 is 5.32 Å². The first kappa shape index (κ1) is 16.5. The predicted octanol–water partition coefficient (Wildman–Crippen LogP) is 5.47. The molecule has 0 amide bonds. The molecule has 1 aromatic rings. The smallest absolute Gasteiger partial charge is 0.123 e. The summed E-state index contributed by atoms with van der Waals surface area (Å²) in [5, 5.41) is 3.85. The van der Waals surface area contributed by atoms with Crippen LogP contribution in [0.5, 0.6) is 0 Å². The van der Waals surface area contributed by atoms with Gasteiger partial charge in [-0.2, -0.15) is 0 Å². The van der Waals surface area contributed by atoms with Crippen LogP contribution in [-0.2, 0) is 0 Å². The zero-order valence-corrected chi connectivity index (χ0v) is 14.0. The Morgan fingerprint density at radius 3 is 2.14 bits per heavy atom. The molecule has 0 radical (unpaired) electrons. The van der Waals surface area contributed by atoms with Crippen LogP contribution in [0.1, 0.15) is 71.4 Å². The van der Waals surface area contributed by atoms with Crippen LogP contribution >= 0.6 is 0 Å². The van der Waals surface area contributed by atoms with Gasteiger partial charge in [0.05, 0.1) is 0 Å². The van der Waals surface area contributed by atoms with E-state index in [1.807, 2.05) is 12.1 Å². The molecule has 2 rings (SSSR count). The lowest BCUT2D eigenvalue weighted by molar-refractivity contribution is 0.206. The summed E-state index contributed by atoms with van der Waals surface area (Å²) in [6.45, 7) is 9.07. The third-order valence-corrected chi connectivity index (χ3v) is 4.90. The van der Waals surface area contributed by atoms with Crippen LogP contribution in [0, 0.1) is 17.2 Å². The Hall–Kier alpha value is -0.890. The van der Waals surface area contributed by atoms with Gasteiger partial charge in [0, 0.05) is 12.1 Å². The Balaban J connectivity index is 2.06. The monoisotopic (exact) mass is 291 g/mol. The van der Waals surface area contributed by atoms with Crippen molar-refractivity contribution in [3.63, 3.8) is 0 Å². The average molecular weight is 291 g/mol. The van der Waals surface area contributed by atoms with Crippen LogP contribution in [0.4, 0.5) is 4.39 Å². The van der Waals surface area contributed by atoms with Gasteiger partial charge >= 0.3 is 0 Å². The molecule has 0 heterocycles. The summed E-state index contributed by atoms with van der Waals surface area (Å²) >= 11 is 0. The Kier molecular flexibility index (Phi) is 5.43. The topological polar surface area (TPSA) is 12.0 Å². The van der Waals surface area contributed by atoms with Crippen LogP contribution in [0.3, 0.4) is 0 Å². The second-order valence-corrected chi connectivity index (χ2v) is 7.64. The van der Waals surface area contributed by atoms with Gasteiger partial charge in [-0.1, -0.05) is 46.2 Å². The first-order valence-electron chi connectivity index (χ1n) is 8.41. The number of benzene rings is 1. The molecule has 0 spiro atoms. The van der Waals surface area contributed by atoms with Crippen LogP contribution in [0.25, 0.3) is 0 Å². The summed E-state index contributed by atoms with van der Waals surface area (Å²) in [5.41, 5.74) is 1.32. The maximum atomic E-state index is 13.2. The fourth-order valence-electron chi connectivity index (χ4n) is 3.47. The van der Waals surface area contributed by atoms with Gasteiger partial charge in [-0.25, -0.2) is 4.39 Å². The van der Waals surface area contributed by atoms with E-state index in [1.54, 1.807) is 12.1 Å². The van der Waals surface area contributed by atoms with E-state index in [-0.39, 0.29) is 17.3 Å². The second kappa shape index (κ2) is 6.91. The van der Waals surface area contributed by atoms with E-state index in [4.69, 9.17) is 0 Å². The standard InChI is InChI=1S/C19H30FN/c1-5-14-6-12-17(13-7-14)21-18(19(2,3)4)15-8-10-16(20)11-9-15/h8-11,14,17-18,21H,5-7,12-13H2,1-4H3. The zero-order chi connectivity index (χ0) is 15.5. The number of rotatable bonds is 4. The summed E-state index contributed by atoms with van der Waals surface area (Å²) in [5.74, 6) is 0.761. The quantitative estimate of drug-likeness (QED) is 0.775. The van der Waals surface area contributed by atoms with Gasteiger partial charge in [0.1, 0.15) is 5.82 Å². The molecule has 1 fully saturated rings. The van der Waals surface area contributed by atoms with Gasteiger partial charge in [0.25, 0.3) is 0 Å². The largest absolute Gasteiger partial charge is 0.307 e. The maximum absolute atomic E-state index is 13.2. The van der Waals surface area contributed by atoms with Crippen molar-refractivity contribution in [1.82, 2.24) is 5.32 Å². The fraction of sp³-hybridized carbons (Fsp3) is 0.684. The molecule has 1 aliphatic carbocycles. The third kappa shape index (κ3) is 4.54. The van der Waals surface area contributed by atoms with Gasteiger partial charge in [0.2, 0.25) is 0 Å². The molecule has 0 saturated heterocycles. The van der Waals surface area contributed by atoms with E-state index in [0.29, 0.717) is 6.04 Å². The number of hydrogen-bond acceptors (Lipinski definition) is 1. The lowest BCUT2D eigenvalue weighted by Gasteiger charge is -2.38. The normalized spacial score (nSPS) is 24.8. The van der Waals surface area contributed by atoms with Gasteiger partial charge in [0.15, 0.2) is 0 Å². The van der Waals surface area contributed by atoms with Crippen LogP contribution in [0.2, 0.25) is 0 Å². The molecular formula is C19H30FN. The highest BCUT2D eigenvalue weighted by atomic mass is 19.1. The SMILES string of the molecule is CCC1CCC(NC(c2ccc(F)cc2)C(C)(C)C)CC1. The minimum absolute atomic E-state index is 0.124. The van der Waals surface area contributed by atoms with Crippen LogP contribution in [0.15, 0.2) is 24.3 Å². The summed E-state index contributed by atoms with van der Waals surface area (Å²) in [6, 6.07) is 7.88. The fourth-order valence-corrected chi connectivity index (χ4v) is 3.47. The molecular weight excluding hydrogens is 261 g/mol. The lowest BCUT2D eigenvalue weighted by Crippen LogP contribution is -2.41. The molecule has 1 N–H and O–H groups in total. The van der Waals surface area contributed by atoms with Gasteiger partial charge in [-0.05, 0) is 54.7 Å². The van der Waals surface area contributed by atoms with Crippen molar-refractivity contribution >= 4 is 0 Å². The van der Waals surface area contributed by atoms with E-state index in [9.17, 15) is 4.39 Å². The molecule has 118 valence electrons. The lowest BCUT2D eigenvalue weighted by atomic mass is 9.79. The zero-order valence-electron chi connectivity index (χ0n) is 14.0. The van der Waals surface area contributed by atoms with E-state index in [0.717, 1.165) is 5.92 Å². The Bertz CT molecular complexity index is 424. The Morgan fingerprint density at radius 2 is 1.67 bits per heavy atom. The second-order valence-electron chi connectivity index (χ2n) is 7.64. The molecule has 1 unspecified atom stereocenters. The van der Waals surface area contributed by atoms with Crippen LogP contribution in [-0.4, -0.2) is 6.04 Å². The molecule has 1 atom stereocenters. The first-order valence-corrected chi connectivity index (χ1v) is 8.41. The van der Waals surface area contributed by atoms with Crippen molar-refractivity contribution in [3.8, 4) is 0 Å². The highest BCUT2D eigenvalue weighted by Gasteiger charge is 2.30. The molecule has 1 aromatic carbocycles. The Morgan fingerprint density at radius 1 is 1.10 bits per heavy atom. The molecule has 1 saturated carbocycles. The van der Waals surface area contributed by atoms with Crippen molar-refractivity contribution in [2.45, 2.75) is 71.9 Å². The third-order valence-electron chi connectivity index (χ3n) is 4.90. The molecule has 2 heteroatoms. The highest BCUT2D eigenvalue weighted by molar-refractivity contribution is 5.22. The molecule has 0 aromatic heterocycles. The van der Waals surface area contributed by atoms with E-state index < -0.39 is 0 Å². The van der Waals surface area contributed by atoms with Gasteiger partial charge in [-0.15, -0.1) is 0 Å². The maximum Gasteiger partial charge on any atom is 0.123 e. The van der Waals surface area contributed by atoms with Crippen molar-refractivity contribution < 1.29 is 4.39 Å². The minimum atomic E-state index is -0.158. The number of hydrogen-bond donors (Lipinski definition) is 1. The van der Waals surface area contributed by atoms with Crippen LogP contribution < -0.4 is 5.32 Å². The number of halogens is 1. The minimum Gasteiger partial charge on any atom is -0.307 e. The molecule has 0 aliphatic heterocycles. The summed E-state index contributed by atoms with van der Waals surface area (Å²) in [7, 11) is 0. The molecule has 1 aliphatic rings. The number of nitrogens with one attached hydrogen (secondary N) is 1. The van der Waals surface area contributed by atoms with Gasteiger partial charge in [-0.3, -0.25) is 0 Å². The van der Waals surface area contributed by atoms with E-state index in [2.05, 4.69) is 33.0 Å². The average Bonchev–Trinajstić information content (AvgIpc) is 2.45. The summed E-state index contributed by atoms with van der Waals surface area (Å²) in [4.78, 5) is 0. The molecule has 1 nitrogen and oxygen atoms in total. The molecule has 21 heavy (non-hydrogen) atoms. The van der Waals surface area contributed by atoms with Crippen molar-refractivity contribution in [2.75, 3.05) is 0 Å². The van der Waals surface area contributed by atoms with E-state index >= 15 is 0 Å². The van der Waals surface area contributed by atoms with Crippen molar-refractivity contribution in [3.05, 3.63) is 35.6 Å². The first-order chi connectivity index (χ1) is 9.90. The highest BCUT2D eigenvalue weighted by Crippen LogP contribution is 2.35. The molecule has 0 bridgehead atoms. The summed E-state index contributed by atoms with van der Waals surface area (Å²) in [6.07, 6.45) is 6.54. The van der Waals surface area contributed by atoms with E-state index in [1.165, 1.54) is 37.7 Å². The Labute approximate surface area is 129 Å². The predicted molar refractivity (Wildman–Crippen MR) is 87.8 cm³/mol. The van der Waals surface area contributed by atoms with Crippen molar-refractivity contribution in [2.24, 2.45) is 11.3 Å². The van der Waals surface area contributed by atoms with Crippen molar-refractivity contribution in [1.29, 1.82) is 0 Å². The summed E-state index contributed by atoms with van der Waals surface area (Å²) < 4.78 is 13.2.